The third-order valence-electron chi connectivity index (χ3n) is 8.24. The van der Waals surface area contributed by atoms with E-state index in [9.17, 15) is 9.59 Å². The molecule has 2 amide bonds. The molecule has 4 rings (SSSR count). The minimum absolute atomic E-state index is 0.0410. The second-order valence-corrected chi connectivity index (χ2v) is 9.89. The van der Waals surface area contributed by atoms with Crippen molar-refractivity contribution in [3.63, 3.8) is 0 Å². The average Bonchev–Trinajstić information content (AvgIpc) is 3.23. The van der Waals surface area contributed by atoms with Gasteiger partial charge in [-0.1, -0.05) is 31.4 Å². The zero-order chi connectivity index (χ0) is 21.4. The van der Waals surface area contributed by atoms with Gasteiger partial charge in [0.15, 0.2) is 5.69 Å². The van der Waals surface area contributed by atoms with Crippen LogP contribution in [-0.4, -0.2) is 62.8 Å². The molecule has 3 fully saturated rings. The number of amides is 2. The molecule has 7 nitrogen and oxygen atoms in total. The van der Waals surface area contributed by atoms with Gasteiger partial charge in [0.2, 0.25) is 5.91 Å². The summed E-state index contributed by atoms with van der Waals surface area (Å²) in [6.45, 7) is 9.20. The Kier molecular flexibility index (Phi) is 5.90. The second-order valence-electron chi connectivity index (χ2n) is 9.89. The van der Waals surface area contributed by atoms with Crippen molar-refractivity contribution in [3.05, 3.63) is 11.9 Å². The van der Waals surface area contributed by atoms with Crippen LogP contribution >= 0.6 is 0 Å². The molecule has 30 heavy (non-hydrogen) atoms. The van der Waals surface area contributed by atoms with Crippen LogP contribution in [0.2, 0.25) is 0 Å². The van der Waals surface area contributed by atoms with Crippen molar-refractivity contribution >= 4 is 11.8 Å². The largest absolute Gasteiger partial charge is 0.342 e. The molecule has 0 N–H and O–H groups in total. The van der Waals surface area contributed by atoms with Crippen molar-refractivity contribution in [2.24, 2.45) is 10.8 Å². The highest BCUT2D eigenvalue weighted by Crippen LogP contribution is 2.56. The maximum Gasteiger partial charge on any atom is 0.276 e. The van der Waals surface area contributed by atoms with Gasteiger partial charge in [0.1, 0.15) is 0 Å². The normalized spacial score (nSPS) is 25.0. The minimum Gasteiger partial charge on any atom is -0.342 e. The molecule has 2 aliphatic carbocycles. The highest BCUT2D eigenvalue weighted by atomic mass is 16.2. The van der Waals surface area contributed by atoms with Gasteiger partial charge in [-0.2, -0.15) is 0 Å². The van der Waals surface area contributed by atoms with Crippen molar-refractivity contribution in [2.75, 3.05) is 26.2 Å². The lowest BCUT2D eigenvalue weighted by Crippen LogP contribution is -2.53. The molecule has 2 saturated carbocycles. The van der Waals surface area contributed by atoms with Crippen molar-refractivity contribution in [1.82, 2.24) is 24.8 Å². The molecule has 1 aliphatic heterocycles. The first kappa shape index (κ1) is 21.3. The summed E-state index contributed by atoms with van der Waals surface area (Å²) >= 11 is 0. The Labute approximate surface area is 180 Å². The maximum absolute atomic E-state index is 13.2. The Morgan fingerprint density at radius 1 is 1.07 bits per heavy atom. The van der Waals surface area contributed by atoms with Gasteiger partial charge in [0.05, 0.1) is 12.2 Å². The Bertz CT molecular complexity index is 770. The van der Waals surface area contributed by atoms with Gasteiger partial charge in [-0.3, -0.25) is 9.59 Å². The molecule has 1 atom stereocenters. The number of hydrogen-bond donors (Lipinski definition) is 0. The van der Waals surface area contributed by atoms with Gasteiger partial charge >= 0.3 is 0 Å². The molecule has 1 aromatic heterocycles. The molecule has 1 aromatic rings. The van der Waals surface area contributed by atoms with E-state index in [0.717, 1.165) is 45.2 Å². The van der Waals surface area contributed by atoms with Crippen LogP contribution in [0.3, 0.4) is 0 Å². The lowest BCUT2D eigenvalue weighted by Gasteiger charge is -2.54. The second kappa shape index (κ2) is 8.31. The number of hydrogen-bond acceptors (Lipinski definition) is 4. The van der Waals surface area contributed by atoms with E-state index in [1.165, 1.54) is 25.7 Å². The molecule has 0 radical (unpaired) electrons. The first-order chi connectivity index (χ1) is 14.4. The topological polar surface area (TPSA) is 71.3 Å². The highest BCUT2D eigenvalue weighted by molar-refractivity contribution is 5.91. The summed E-state index contributed by atoms with van der Waals surface area (Å²) in [6, 6.07) is 0.297. The van der Waals surface area contributed by atoms with Crippen molar-refractivity contribution < 1.29 is 9.59 Å². The lowest BCUT2D eigenvalue weighted by atomic mass is 9.59. The van der Waals surface area contributed by atoms with Crippen LogP contribution in [0.1, 0.15) is 95.1 Å². The monoisotopic (exact) mass is 415 g/mol. The van der Waals surface area contributed by atoms with Crippen molar-refractivity contribution in [1.29, 1.82) is 0 Å². The van der Waals surface area contributed by atoms with E-state index in [4.69, 9.17) is 0 Å². The summed E-state index contributed by atoms with van der Waals surface area (Å²) in [5, 5.41) is 8.52. The molecule has 0 bridgehead atoms. The lowest BCUT2D eigenvalue weighted by molar-refractivity contribution is -0.148. The number of piperidine rings is 1. The number of aromatic nitrogens is 3. The number of carbonyl (C=O) groups excluding carboxylic acids is 2. The van der Waals surface area contributed by atoms with Gasteiger partial charge in [0, 0.05) is 31.6 Å². The Balaban J connectivity index is 1.39. The SMILES string of the molecule is CCN(CC)C(=O)c1cn(C2CCC23CCN(C(=O)C2(C)CCCCC2)CC3)nn1. The van der Waals surface area contributed by atoms with Crippen molar-refractivity contribution in [2.45, 2.75) is 84.6 Å². The molecule has 1 saturated heterocycles. The first-order valence-corrected chi connectivity index (χ1v) is 11.9. The summed E-state index contributed by atoms with van der Waals surface area (Å²) in [6.07, 6.45) is 11.9. The fourth-order valence-electron chi connectivity index (χ4n) is 5.96. The highest BCUT2D eigenvalue weighted by Gasteiger charge is 2.51. The van der Waals surface area contributed by atoms with Gasteiger partial charge in [-0.15, -0.1) is 5.10 Å². The molecule has 0 aromatic carbocycles. The fourth-order valence-corrected chi connectivity index (χ4v) is 5.96. The summed E-state index contributed by atoms with van der Waals surface area (Å²) in [4.78, 5) is 29.7. The average molecular weight is 416 g/mol. The molecular formula is C23H37N5O2. The number of nitrogens with zero attached hydrogens (tertiary/aromatic N) is 5. The molecule has 1 spiro atoms. The molecule has 166 valence electrons. The minimum atomic E-state index is -0.145. The summed E-state index contributed by atoms with van der Waals surface area (Å²) in [5.74, 6) is 0.335. The zero-order valence-corrected chi connectivity index (χ0v) is 18.9. The van der Waals surface area contributed by atoms with E-state index in [2.05, 4.69) is 22.1 Å². The smallest absolute Gasteiger partial charge is 0.276 e. The van der Waals surface area contributed by atoms with Crippen LogP contribution in [0.4, 0.5) is 0 Å². The molecule has 3 aliphatic rings. The van der Waals surface area contributed by atoms with Gasteiger partial charge in [0.25, 0.3) is 5.91 Å². The Morgan fingerprint density at radius 2 is 1.73 bits per heavy atom. The quantitative estimate of drug-likeness (QED) is 0.736. The van der Waals surface area contributed by atoms with Crippen LogP contribution in [0.15, 0.2) is 6.20 Å². The van der Waals surface area contributed by atoms with E-state index in [1.807, 2.05) is 24.7 Å². The van der Waals surface area contributed by atoms with E-state index in [-0.39, 0.29) is 16.7 Å². The summed E-state index contributed by atoms with van der Waals surface area (Å²) in [7, 11) is 0. The third-order valence-corrected chi connectivity index (χ3v) is 8.24. The van der Waals surface area contributed by atoms with E-state index in [0.29, 0.717) is 30.7 Å². The Hall–Kier alpha value is -1.92. The molecule has 2 heterocycles. The van der Waals surface area contributed by atoms with Gasteiger partial charge in [-0.25, -0.2) is 4.68 Å². The molecular weight excluding hydrogens is 378 g/mol. The predicted molar refractivity (Wildman–Crippen MR) is 115 cm³/mol. The molecule has 7 heteroatoms. The van der Waals surface area contributed by atoms with Crippen LogP contribution in [0, 0.1) is 10.8 Å². The van der Waals surface area contributed by atoms with Crippen LogP contribution in [0.25, 0.3) is 0 Å². The Morgan fingerprint density at radius 3 is 2.30 bits per heavy atom. The first-order valence-electron chi connectivity index (χ1n) is 11.9. The third kappa shape index (κ3) is 3.65. The summed E-state index contributed by atoms with van der Waals surface area (Å²) < 4.78 is 1.93. The van der Waals surface area contributed by atoms with Crippen LogP contribution < -0.4 is 0 Å². The van der Waals surface area contributed by atoms with Crippen LogP contribution in [0.5, 0.6) is 0 Å². The van der Waals surface area contributed by atoms with Gasteiger partial charge < -0.3 is 9.80 Å². The number of likely N-dealkylation sites (tertiary alicyclic amines) is 1. The molecule has 1 unspecified atom stereocenters. The van der Waals surface area contributed by atoms with Crippen molar-refractivity contribution in [3.8, 4) is 0 Å². The predicted octanol–water partition coefficient (Wildman–Crippen LogP) is 3.67. The van der Waals surface area contributed by atoms with E-state index < -0.39 is 0 Å². The summed E-state index contributed by atoms with van der Waals surface area (Å²) in [5.41, 5.74) is 0.500. The number of rotatable bonds is 5. The number of carbonyl (C=O) groups is 2. The maximum atomic E-state index is 13.2. The fraction of sp³-hybridized carbons (Fsp3) is 0.826. The zero-order valence-electron chi connectivity index (χ0n) is 18.9. The van der Waals surface area contributed by atoms with Gasteiger partial charge in [-0.05, 0) is 57.8 Å². The van der Waals surface area contributed by atoms with Crippen LogP contribution in [-0.2, 0) is 4.79 Å². The van der Waals surface area contributed by atoms with E-state index >= 15 is 0 Å². The van der Waals surface area contributed by atoms with E-state index in [1.54, 1.807) is 4.90 Å². The standard InChI is InChI=1S/C23H37N5O2/c1-4-26(5-2)20(29)18-17-28(25-24-18)19-9-12-23(19)13-15-27(16-14-23)21(30)22(3)10-7-6-8-11-22/h17,19H,4-16H2,1-3H3.